The molecule has 1 aliphatic heterocycles. The lowest BCUT2D eigenvalue weighted by Gasteiger charge is -2.35. The molecular weight excluding hydrogens is 264 g/mol. The molecule has 0 N–H and O–H groups in total. The molecule has 0 radical (unpaired) electrons. The largest absolute Gasteiger partial charge is 0.361 e. The van der Waals surface area contributed by atoms with Gasteiger partial charge in [-0.1, -0.05) is 29.4 Å². The minimum absolute atomic E-state index is 0.128. The Hall–Kier alpha value is -2.10. The van der Waals surface area contributed by atoms with Gasteiger partial charge in [0.1, 0.15) is 5.76 Å². The zero-order valence-corrected chi connectivity index (χ0v) is 12.7. The molecule has 0 aliphatic carbocycles. The maximum absolute atomic E-state index is 12.6. The predicted octanol–water partition coefficient (Wildman–Crippen LogP) is 2.98. The van der Waals surface area contributed by atoms with Gasteiger partial charge in [0.25, 0.3) is 0 Å². The van der Waals surface area contributed by atoms with Crippen LogP contribution in [-0.2, 0) is 17.6 Å². The van der Waals surface area contributed by atoms with Crippen LogP contribution in [0.15, 0.2) is 28.8 Å². The van der Waals surface area contributed by atoms with Crippen LogP contribution in [0.4, 0.5) is 0 Å². The number of fused-ring (bicyclic) bond motifs is 1. The molecule has 2 aromatic rings. The molecule has 3 rings (SSSR count). The highest BCUT2D eigenvalue weighted by atomic mass is 16.5. The molecule has 4 nitrogen and oxygen atoms in total. The van der Waals surface area contributed by atoms with Crippen LogP contribution in [0.25, 0.3) is 0 Å². The fourth-order valence-electron chi connectivity index (χ4n) is 3.12. The molecule has 0 spiro atoms. The standard InChI is InChI=1S/C17H20N2O2/c1-11-16(13(3)21-18-11)10-17(20)19-9-8-14-6-4-5-7-15(14)12(19)2/h4-7,12H,8-10H2,1-3H3/t12-/m1/s1. The van der Waals surface area contributed by atoms with Gasteiger partial charge < -0.3 is 9.42 Å². The van der Waals surface area contributed by atoms with Crippen molar-refractivity contribution in [2.45, 2.75) is 39.7 Å². The van der Waals surface area contributed by atoms with E-state index in [0.29, 0.717) is 6.42 Å². The molecule has 0 saturated carbocycles. The van der Waals surface area contributed by atoms with Gasteiger partial charge >= 0.3 is 0 Å². The molecule has 4 heteroatoms. The first-order valence-corrected chi connectivity index (χ1v) is 7.37. The van der Waals surface area contributed by atoms with Gasteiger partial charge in [0.05, 0.1) is 18.2 Å². The minimum Gasteiger partial charge on any atom is -0.361 e. The highest BCUT2D eigenvalue weighted by Crippen LogP contribution is 2.29. The molecule has 0 fully saturated rings. The van der Waals surface area contributed by atoms with E-state index in [2.05, 4.69) is 30.3 Å². The predicted molar refractivity (Wildman–Crippen MR) is 80.0 cm³/mol. The molecule has 21 heavy (non-hydrogen) atoms. The second kappa shape index (κ2) is 5.35. The van der Waals surface area contributed by atoms with E-state index in [-0.39, 0.29) is 11.9 Å². The van der Waals surface area contributed by atoms with Crippen LogP contribution in [0, 0.1) is 13.8 Å². The third kappa shape index (κ3) is 2.46. The Morgan fingerprint density at radius 1 is 1.38 bits per heavy atom. The number of rotatable bonds is 2. The molecule has 0 bridgehead atoms. The van der Waals surface area contributed by atoms with Gasteiger partial charge in [-0.2, -0.15) is 0 Å². The molecule has 2 heterocycles. The second-order valence-electron chi connectivity index (χ2n) is 5.69. The zero-order chi connectivity index (χ0) is 15.0. The zero-order valence-electron chi connectivity index (χ0n) is 12.7. The first-order valence-electron chi connectivity index (χ1n) is 7.37. The Kier molecular flexibility index (Phi) is 3.53. The maximum atomic E-state index is 12.6. The number of hydrogen-bond acceptors (Lipinski definition) is 3. The van der Waals surface area contributed by atoms with E-state index in [4.69, 9.17) is 4.52 Å². The normalized spacial score (nSPS) is 17.7. The fraction of sp³-hybridized carbons (Fsp3) is 0.412. The van der Waals surface area contributed by atoms with Gasteiger partial charge in [0.2, 0.25) is 5.91 Å². The van der Waals surface area contributed by atoms with Crippen LogP contribution < -0.4 is 0 Å². The topological polar surface area (TPSA) is 46.3 Å². The summed E-state index contributed by atoms with van der Waals surface area (Å²) in [6.45, 7) is 6.62. The van der Waals surface area contributed by atoms with E-state index < -0.39 is 0 Å². The summed E-state index contributed by atoms with van der Waals surface area (Å²) >= 11 is 0. The summed E-state index contributed by atoms with van der Waals surface area (Å²) in [6.07, 6.45) is 1.29. The Balaban J connectivity index is 1.81. The Labute approximate surface area is 124 Å². The van der Waals surface area contributed by atoms with Crippen LogP contribution in [0.1, 0.15) is 41.1 Å². The van der Waals surface area contributed by atoms with E-state index in [1.807, 2.05) is 24.8 Å². The third-order valence-electron chi connectivity index (χ3n) is 4.42. The van der Waals surface area contributed by atoms with Crippen molar-refractivity contribution in [3.05, 3.63) is 52.4 Å². The summed E-state index contributed by atoms with van der Waals surface area (Å²) in [5.74, 6) is 0.886. The first-order chi connectivity index (χ1) is 10.1. The number of carbonyl (C=O) groups is 1. The van der Waals surface area contributed by atoms with Crippen LogP contribution in [0.3, 0.4) is 0 Å². The quantitative estimate of drug-likeness (QED) is 0.851. The summed E-state index contributed by atoms with van der Waals surface area (Å²) < 4.78 is 5.15. The highest BCUT2D eigenvalue weighted by Gasteiger charge is 2.28. The number of nitrogens with zero attached hydrogens (tertiary/aromatic N) is 2. The molecule has 1 aromatic carbocycles. The van der Waals surface area contributed by atoms with Crippen molar-refractivity contribution in [3.63, 3.8) is 0 Å². The molecular formula is C17H20N2O2. The molecule has 1 aromatic heterocycles. The van der Waals surface area contributed by atoms with Gasteiger partial charge in [-0.3, -0.25) is 4.79 Å². The van der Waals surface area contributed by atoms with Crippen molar-refractivity contribution in [1.82, 2.24) is 10.1 Å². The van der Waals surface area contributed by atoms with E-state index in [0.717, 1.165) is 30.0 Å². The van der Waals surface area contributed by atoms with E-state index in [1.54, 1.807) is 0 Å². The van der Waals surface area contributed by atoms with Crippen molar-refractivity contribution >= 4 is 5.91 Å². The van der Waals surface area contributed by atoms with Crippen molar-refractivity contribution in [2.24, 2.45) is 0 Å². The lowest BCUT2D eigenvalue weighted by molar-refractivity contribution is -0.133. The van der Waals surface area contributed by atoms with Crippen molar-refractivity contribution < 1.29 is 9.32 Å². The van der Waals surface area contributed by atoms with E-state index in [1.165, 1.54) is 11.1 Å². The van der Waals surface area contributed by atoms with Gasteiger partial charge in [0, 0.05) is 12.1 Å². The summed E-state index contributed by atoms with van der Waals surface area (Å²) in [4.78, 5) is 14.6. The Morgan fingerprint density at radius 2 is 2.14 bits per heavy atom. The summed E-state index contributed by atoms with van der Waals surface area (Å²) in [6, 6.07) is 8.50. The van der Waals surface area contributed by atoms with Crippen LogP contribution in [0.2, 0.25) is 0 Å². The van der Waals surface area contributed by atoms with Gasteiger partial charge in [-0.15, -0.1) is 0 Å². The SMILES string of the molecule is Cc1noc(C)c1CC(=O)N1CCc2ccccc2[C@H]1C. The summed E-state index contributed by atoms with van der Waals surface area (Å²) in [7, 11) is 0. The van der Waals surface area contributed by atoms with Crippen LogP contribution in [-0.4, -0.2) is 22.5 Å². The average molecular weight is 284 g/mol. The highest BCUT2D eigenvalue weighted by molar-refractivity contribution is 5.80. The third-order valence-corrected chi connectivity index (χ3v) is 4.42. The first kappa shape index (κ1) is 13.9. The number of carbonyl (C=O) groups excluding carboxylic acids is 1. The number of hydrogen-bond donors (Lipinski definition) is 0. The summed E-state index contributed by atoms with van der Waals surface area (Å²) in [5.41, 5.74) is 4.35. The van der Waals surface area contributed by atoms with Crippen molar-refractivity contribution in [2.75, 3.05) is 6.54 Å². The Morgan fingerprint density at radius 3 is 2.86 bits per heavy atom. The lowest BCUT2D eigenvalue weighted by Crippen LogP contribution is -2.39. The molecule has 1 aliphatic rings. The van der Waals surface area contributed by atoms with E-state index in [9.17, 15) is 4.79 Å². The van der Waals surface area contributed by atoms with Crippen molar-refractivity contribution in [1.29, 1.82) is 0 Å². The number of aryl methyl sites for hydroxylation is 2. The molecule has 1 amide bonds. The molecule has 0 saturated heterocycles. The Bertz CT molecular complexity index is 656. The monoisotopic (exact) mass is 284 g/mol. The summed E-state index contributed by atoms with van der Waals surface area (Å²) in [5, 5.41) is 3.92. The van der Waals surface area contributed by atoms with Gasteiger partial charge in [-0.05, 0) is 38.3 Å². The fourth-order valence-corrected chi connectivity index (χ4v) is 3.12. The number of benzene rings is 1. The lowest BCUT2D eigenvalue weighted by atomic mass is 9.93. The molecule has 0 unspecified atom stereocenters. The smallest absolute Gasteiger partial charge is 0.227 e. The minimum atomic E-state index is 0.128. The van der Waals surface area contributed by atoms with Gasteiger partial charge in [0.15, 0.2) is 0 Å². The maximum Gasteiger partial charge on any atom is 0.227 e. The molecule has 110 valence electrons. The van der Waals surface area contributed by atoms with Gasteiger partial charge in [-0.25, -0.2) is 0 Å². The number of amides is 1. The van der Waals surface area contributed by atoms with Crippen LogP contribution in [0.5, 0.6) is 0 Å². The second-order valence-corrected chi connectivity index (χ2v) is 5.69. The van der Waals surface area contributed by atoms with E-state index >= 15 is 0 Å². The number of aromatic nitrogens is 1. The average Bonchev–Trinajstić information content (AvgIpc) is 2.79. The van der Waals surface area contributed by atoms with Crippen molar-refractivity contribution in [3.8, 4) is 0 Å². The van der Waals surface area contributed by atoms with Crippen LogP contribution >= 0.6 is 0 Å². The molecule has 1 atom stereocenters.